The zero-order chi connectivity index (χ0) is 25.6. The van der Waals surface area contributed by atoms with Gasteiger partial charge in [-0.05, 0) is 42.1 Å². The standard InChI is InChI=1S/C22H25ClN2O8S2/c1-4-5-10-31-18(26)9-11-34-22(28)33-13-32-20(27)19-14(23)7-6-8-15(19)35-21-24-16(29-2)12-17(25-21)30-3/h6-8,12H,4-5,9-11,13H2,1-3H3. The summed E-state index contributed by atoms with van der Waals surface area (Å²) < 4.78 is 25.2. The van der Waals surface area contributed by atoms with Gasteiger partial charge in [-0.15, -0.1) is 0 Å². The fourth-order valence-electron chi connectivity index (χ4n) is 2.39. The maximum atomic E-state index is 12.7. The molecule has 0 amide bonds. The Bertz CT molecular complexity index is 1000. The predicted octanol–water partition coefficient (Wildman–Crippen LogP) is 5.02. The fourth-order valence-corrected chi connectivity index (χ4v) is 4.17. The number of hydrogen-bond acceptors (Lipinski definition) is 12. The lowest BCUT2D eigenvalue weighted by Gasteiger charge is -2.11. The first-order valence-corrected chi connectivity index (χ1v) is 12.6. The number of esters is 2. The van der Waals surface area contributed by atoms with Crippen LogP contribution in [0.25, 0.3) is 0 Å². The topological polar surface area (TPSA) is 123 Å². The van der Waals surface area contributed by atoms with Crippen molar-refractivity contribution in [3.63, 3.8) is 0 Å². The number of carbonyl (C=O) groups excluding carboxylic acids is 3. The molecule has 0 fully saturated rings. The Morgan fingerprint density at radius 2 is 1.74 bits per heavy atom. The van der Waals surface area contributed by atoms with Gasteiger partial charge >= 0.3 is 17.2 Å². The minimum absolute atomic E-state index is 0.0584. The second-order valence-electron chi connectivity index (χ2n) is 6.57. The van der Waals surface area contributed by atoms with Crippen LogP contribution in [-0.2, 0) is 19.0 Å². The summed E-state index contributed by atoms with van der Waals surface area (Å²) in [5, 5.41) is -0.296. The average molecular weight is 545 g/mol. The Morgan fingerprint density at radius 3 is 2.40 bits per heavy atom. The summed E-state index contributed by atoms with van der Waals surface area (Å²) in [7, 11) is 2.91. The molecule has 0 aliphatic carbocycles. The van der Waals surface area contributed by atoms with Crippen LogP contribution in [0.3, 0.4) is 0 Å². The quantitative estimate of drug-likeness (QED) is 0.145. The number of halogens is 1. The monoisotopic (exact) mass is 544 g/mol. The second-order valence-corrected chi connectivity index (χ2v) is 9.01. The molecule has 0 saturated carbocycles. The van der Waals surface area contributed by atoms with E-state index in [9.17, 15) is 14.4 Å². The highest BCUT2D eigenvalue weighted by Gasteiger charge is 2.20. The number of ether oxygens (including phenoxy) is 5. The minimum atomic E-state index is -0.801. The van der Waals surface area contributed by atoms with Gasteiger partial charge in [-0.2, -0.15) is 9.97 Å². The molecule has 0 N–H and O–H groups in total. The number of carbonyl (C=O) groups is 3. The minimum Gasteiger partial charge on any atom is -0.481 e. The van der Waals surface area contributed by atoms with Crippen LogP contribution >= 0.6 is 35.1 Å². The molecule has 10 nitrogen and oxygen atoms in total. The van der Waals surface area contributed by atoms with Crippen molar-refractivity contribution in [2.45, 2.75) is 36.2 Å². The molecular weight excluding hydrogens is 520 g/mol. The second kappa shape index (κ2) is 15.3. The number of hydrogen-bond donors (Lipinski definition) is 0. The van der Waals surface area contributed by atoms with Gasteiger partial charge in [-0.25, -0.2) is 9.59 Å². The van der Waals surface area contributed by atoms with E-state index in [1.54, 1.807) is 12.1 Å². The van der Waals surface area contributed by atoms with Crippen molar-refractivity contribution in [3.05, 3.63) is 34.9 Å². The van der Waals surface area contributed by atoms with Gasteiger partial charge in [0.1, 0.15) is 0 Å². The summed E-state index contributed by atoms with van der Waals surface area (Å²) in [6.45, 7) is 1.73. The highest BCUT2D eigenvalue weighted by atomic mass is 35.5. The molecule has 0 unspecified atom stereocenters. The average Bonchev–Trinajstić information content (AvgIpc) is 2.84. The largest absolute Gasteiger partial charge is 0.481 e. The molecule has 0 aliphatic heterocycles. The molecule has 0 atom stereocenters. The van der Waals surface area contributed by atoms with Crippen molar-refractivity contribution in [3.8, 4) is 11.8 Å². The van der Waals surface area contributed by atoms with Crippen LogP contribution in [0.15, 0.2) is 34.3 Å². The van der Waals surface area contributed by atoms with Crippen LogP contribution in [0, 0.1) is 0 Å². The molecule has 13 heteroatoms. The fraction of sp³-hybridized carbons (Fsp3) is 0.409. The van der Waals surface area contributed by atoms with Gasteiger partial charge in [-0.1, -0.05) is 31.0 Å². The summed E-state index contributed by atoms with van der Waals surface area (Å²) in [6, 6.07) is 6.34. The van der Waals surface area contributed by atoms with Crippen LogP contribution in [0.1, 0.15) is 36.5 Å². The highest BCUT2D eigenvalue weighted by molar-refractivity contribution is 8.13. The third kappa shape index (κ3) is 9.82. The number of benzene rings is 1. The van der Waals surface area contributed by atoms with Crippen molar-refractivity contribution >= 4 is 52.4 Å². The molecule has 0 bridgehead atoms. The SMILES string of the molecule is CCCCOC(=O)CCSC(=O)OCOC(=O)c1c(Cl)cccc1Sc1nc(OC)cc(OC)n1. The Kier molecular flexibility index (Phi) is 12.5. The van der Waals surface area contributed by atoms with E-state index in [1.165, 1.54) is 26.4 Å². The summed E-state index contributed by atoms with van der Waals surface area (Å²) in [5.41, 5.74) is 0.0584. The molecular formula is C22H25ClN2O8S2. The van der Waals surface area contributed by atoms with Crippen molar-refractivity contribution in [2.24, 2.45) is 0 Å². The van der Waals surface area contributed by atoms with Crippen LogP contribution < -0.4 is 9.47 Å². The van der Waals surface area contributed by atoms with E-state index < -0.39 is 18.1 Å². The third-order valence-electron chi connectivity index (χ3n) is 4.11. The summed E-state index contributed by atoms with van der Waals surface area (Å²) in [6.07, 6.45) is 1.78. The van der Waals surface area contributed by atoms with Crippen LogP contribution in [-0.4, -0.2) is 60.6 Å². The molecule has 1 heterocycles. The lowest BCUT2D eigenvalue weighted by molar-refractivity contribution is -0.143. The number of methoxy groups -OCH3 is 2. The van der Waals surface area contributed by atoms with Crippen LogP contribution in [0.4, 0.5) is 4.79 Å². The smallest absolute Gasteiger partial charge is 0.370 e. The van der Waals surface area contributed by atoms with E-state index in [0.29, 0.717) is 11.5 Å². The van der Waals surface area contributed by atoms with Crippen LogP contribution in [0.5, 0.6) is 11.8 Å². The van der Waals surface area contributed by atoms with E-state index in [2.05, 4.69) is 9.97 Å². The van der Waals surface area contributed by atoms with Gasteiger partial charge in [0.25, 0.3) is 0 Å². The van der Waals surface area contributed by atoms with E-state index >= 15 is 0 Å². The number of unbranched alkanes of at least 4 members (excludes halogenated alkanes) is 1. The molecule has 0 aliphatic rings. The van der Waals surface area contributed by atoms with Crippen molar-refractivity contribution in [2.75, 3.05) is 33.4 Å². The molecule has 2 rings (SSSR count). The first kappa shape index (κ1) is 28.5. The number of aromatic nitrogens is 2. The predicted molar refractivity (Wildman–Crippen MR) is 130 cm³/mol. The van der Waals surface area contributed by atoms with Gasteiger partial charge < -0.3 is 23.7 Å². The summed E-state index contributed by atoms with van der Waals surface area (Å²) in [5.74, 6) is -0.433. The van der Waals surface area contributed by atoms with Crippen molar-refractivity contribution in [1.82, 2.24) is 9.97 Å². The highest BCUT2D eigenvalue weighted by Crippen LogP contribution is 2.34. The summed E-state index contributed by atoms with van der Waals surface area (Å²) in [4.78, 5) is 44.9. The molecule has 1 aromatic heterocycles. The van der Waals surface area contributed by atoms with Gasteiger partial charge in [0.05, 0.1) is 43.9 Å². The Hall–Kier alpha value is -2.70. The molecule has 1 aromatic carbocycles. The van der Waals surface area contributed by atoms with Crippen LogP contribution in [0.2, 0.25) is 5.02 Å². The Balaban J connectivity index is 1.90. The van der Waals surface area contributed by atoms with Gasteiger partial charge in [0.2, 0.25) is 18.6 Å². The van der Waals surface area contributed by atoms with Gasteiger partial charge in [0, 0.05) is 10.6 Å². The normalized spacial score (nSPS) is 10.4. The third-order valence-corrected chi connectivity index (χ3v) is 6.11. The molecule has 0 saturated heterocycles. The van der Waals surface area contributed by atoms with E-state index in [0.717, 1.165) is 36.4 Å². The molecule has 190 valence electrons. The number of thioether (sulfide) groups is 1. The van der Waals surface area contributed by atoms with E-state index in [1.807, 2.05) is 6.92 Å². The van der Waals surface area contributed by atoms with E-state index in [-0.39, 0.29) is 45.6 Å². The molecule has 35 heavy (non-hydrogen) atoms. The Labute approximate surface area is 216 Å². The van der Waals surface area contributed by atoms with Crippen molar-refractivity contribution in [1.29, 1.82) is 0 Å². The van der Waals surface area contributed by atoms with Gasteiger partial charge in [-0.3, -0.25) is 4.79 Å². The zero-order valence-electron chi connectivity index (χ0n) is 19.4. The molecule has 0 spiro atoms. The lowest BCUT2D eigenvalue weighted by Crippen LogP contribution is -2.13. The van der Waals surface area contributed by atoms with Crippen molar-refractivity contribution < 1.29 is 38.1 Å². The first-order valence-electron chi connectivity index (χ1n) is 10.4. The first-order chi connectivity index (χ1) is 16.9. The van der Waals surface area contributed by atoms with E-state index in [4.69, 9.17) is 35.3 Å². The van der Waals surface area contributed by atoms with Gasteiger partial charge in [0.15, 0.2) is 5.16 Å². The lowest BCUT2D eigenvalue weighted by atomic mass is 10.2. The summed E-state index contributed by atoms with van der Waals surface area (Å²) >= 11 is 8.07. The zero-order valence-corrected chi connectivity index (χ0v) is 21.8. The molecule has 2 aromatic rings. The Morgan fingerprint density at radius 1 is 1.03 bits per heavy atom. The molecule has 0 radical (unpaired) electrons. The maximum Gasteiger partial charge on any atom is 0.370 e. The maximum absolute atomic E-state index is 12.7. The number of nitrogens with zero attached hydrogens (tertiary/aromatic N) is 2. The number of rotatable bonds is 13.